The molecule has 2 saturated carbocycles. The zero-order valence-electron chi connectivity index (χ0n) is 26.3. The van der Waals surface area contributed by atoms with E-state index >= 15 is 0 Å². The molecule has 2 heterocycles. The van der Waals surface area contributed by atoms with Crippen LogP contribution in [0.5, 0.6) is 0 Å². The molecule has 4 fully saturated rings. The van der Waals surface area contributed by atoms with Gasteiger partial charge in [-0.25, -0.2) is 0 Å². The van der Waals surface area contributed by atoms with Crippen molar-refractivity contribution in [2.75, 3.05) is 13.1 Å². The summed E-state index contributed by atoms with van der Waals surface area (Å²) in [4.78, 5) is 42.4. The van der Waals surface area contributed by atoms with Crippen LogP contribution in [-0.4, -0.2) is 51.8 Å². The fourth-order valence-electron chi connectivity index (χ4n) is 7.07. The topological polar surface area (TPSA) is 92.9 Å². The first-order chi connectivity index (χ1) is 19.6. The highest BCUT2D eigenvalue weighted by molar-refractivity contribution is 5.97. The van der Waals surface area contributed by atoms with Crippen molar-refractivity contribution in [1.29, 1.82) is 0 Å². The van der Waals surface area contributed by atoms with Gasteiger partial charge in [0.05, 0.1) is 28.3 Å². The molecular weight excluding hydrogens is 526 g/mol. The Morgan fingerprint density at radius 2 is 1.17 bits per heavy atom. The molecule has 226 valence electrons. The van der Waals surface area contributed by atoms with Gasteiger partial charge in [-0.05, 0) is 85.3 Å². The lowest BCUT2D eigenvalue weighted by Gasteiger charge is -2.31. The lowest BCUT2D eigenvalue weighted by atomic mass is 9.76. The molecule has 2 amide bonds. The van der Waals surface area contributed by atoms with Crippen molar-refractivity contribution in [2.45, 2.75) is 97.4 Å². The number of rotatable bonds is 5. The van der Waals surface area contributed by atoms with Crippen molar-refractivity contribution < 1.29 is 19.1 Å². The molecule has 0 aromatic heterocycles. The lowest BCUT2D eigenvalue weighted by molar-refractivity contribution is -0.170. The van der Waals surface area contributed by atoms with Crippen LogP contribution >= 0.6 is 0 Å². The number of nitrogens with zero attached hydrogens (tertiary/aromatic N) is 2. The van der Waals surface area contributed by atoms with Crippen LogP contribution in [0.1, 0.15) is 97.4 Å². The van der Waals surface area contributed by atoms with Crippen LogP contribution in [0.4, 0.5) is 0 Å². The summed E-state index contributed by atoms with van der Waals surface area (Å²) in [6.45, 7) is 14.8. The van der Waals surface area contributed by atoms with Crippen molar-refractivity contribution in [3.8, 4) is 0 Å². The molecule has 2 aromatic rings. The maximum Gasteiger partial charge on any atom is 0.315 e. The van der Waals surface area contributed by atoms with Crippen LogP contribution in [0.3, 0.4) is 0 Å². The number of carbonyl (C=O) groups excluding carboxylic acids is 3. The standard InChI is InChI=1S/C20H27NO3.C15H20N2O/c1-14(15-9-7-6-8-10-15)21-13-19(5,17(23)24-18(2,3)4)20(11-12-20)16(21)22;1-11(12-6-4-3-5-7-12)17-10-14(2,16)15(8-9-15)13(17)18/h6-10,14H,11-13H2,1-5H3;3-7,11H,8-10,16H2,1-2H3/t14-,19+;11-,14-/m11/s1. The van der Waals surface area contributed by atoms with Crippen LogP contribution in [-0.2, 0) is 19.1 Å². The number of nitrogens with two attached hydrogens (primary N) is 1. The summed E-state index contributed by atoms with van der Waals surface area (Å²) < 4.78 is 5.66. The van der Waals surface area contributed by atoms with Crippen LogP contribution in [0.25, 0.3) is 0 Å². The summed E-state index contributed by atoms with van der Waals surface area (Å²) in [5, 5.41) is 0. The molecule has 4 atom stereocenters. The average molecular weight is 574 g/mol. The summed E-state index contributed by atoms with van der Waals surface area (Å²) in [6.07, 6.45) is 3.47. The van der Waals surface area contributed by atoms with Gasteiger partial charge >= 0.3 is 5.97 Å². The Morgan fingerprint density at radius 3 is 1.55 bits per heavy atom. The molecule has 7 heteroatoms. The largest absolute Gasteiger partial charge is 0.459 e. The van der Waals surface area contributed by atoms with E-state index in [2.05, 4.69) is 19.1 Å². The van der Waals surface area contributed by atoms with E-state index in [1.54, 1.807) is 0 Å². The number of benzene rings is 2. The number of esters is 1. The third-order valence-electron chi connectivity index (χ3n) is 10.3. The molecule has 2 aliphatic heterocycles. The second kappa shape index (κ2) is 10.2. The predicted molar refractivity (Wildman–Crippen MR) is 163 cm³/mol. The maximum absolute atomic E-state index is 13.1. The molecule has 42 heavy (non-hydrogen) atoms. The molecule has 2 spiro atoms. The zero-order chi connectivity index (χ0) is 30.7. The van der Waals surface area contributed by atoms with Gasteiger partial charge in [0.2, 0.25) is 11.8 Å². The number of carbonyl (C=O) groups is 3. The van der Waals surface area contributed by atoms with Gasteiger partial charge in [-0.3, -0.25) is 14.4 Å². The van der Waals surface area contributed by atoms with E-state index in [1.165, 1.54) is 5.56 Å². The molecule has 2 aromatic carbocycles. The first kappa shape index (κ1) is 30.3. The molecule has 0 radical (unpaired) electrons. The van der Waals surface area contributed by atoms with Gasteiger partial charge in [0.1, 0.15) is 5.60 Å². The first-order valence-electron chi connectivity index (χ1n) is 15.3. The first-order valence-corrected chi connectivity index (χ1v) is 15.3. The number of amides is 2. The Balaban J connectivity index is 0.000000175. The number of hydrogen-bond acceptors (Lipinski definition) is 5. The van der Waals surface area contributed by atoms with Gasteiger partial charge in [0.25, 0.3) is 0 Å². The van der Waals surface area contributed by atoms with Crippen molar-refractivity contribution in [2.24, 2.45) is 22.0 Å². The Bertz CT molecular complexity index is 1340. The highest BCUT2D eigenvalue weighted by Gasteiger charge is 2.72. The highest BCUT2D eigenvalue weighted by Crippen LogP contribution is 2.65. The Labute approximate surface area is 250 Å². The van der Waals surface area contributed by atoms with E-state index in [0.717, 1.165) is 31.2 Å². The predicted octanol–water partition coefficient (Wildman–Crippen LogP) is 5.81. The van der Waals surface area contributed by atoms with E-state index in [0.29, 0.717) is 13.1 Å². The normalized spacial score (nSPS) is 28.4. The van der Waals surface area contributed by atoms with E-state index < -0.39 is 16.4 Å². The fourth-order valence-corrected chi connectivity index (χ4v) is 7.07. The fraction of sp³-hybridized carbons (Fsp3) is 0.571. The minimum Gasteiger partial charge on any atom is -0.459 e. The second-order valence-electron chi connectivity index (χ2n) is 14.5. The van der Waals surface area contributed by atoms with Gasteiger partial charge in [-0.2, -0.15) is 0 Å². The van der Waals surface area contributed by atoms with E-state index in [9.17, 15) is 14.4 Å². The maximum atomic E-state index is 13.1. The van der Waals surface area contributed by atoms with E-state index in [1.807, 2.05) is 99.9 Å². The number of hydrogen-bond donors (Lipinski definition) is 1. The van der Waals surface area contributed by atoms with Gasteiger partial charge < -0.3 is 20.3 Å². The quantitative estimate of drug-likeness (QED) is 0.456. The second-order valence-corrected chi connectivity index (χ2v) is 14.5. The Hall–Kier alpha value is -3.19. The monoisotopic (exact) mass is 573 g/mol. The van der Waals surface area contributed by atoms with Crippen LogP contribution in [0.2, 0.25) is 0 Å². The third kappa shape index (κ3) is 4.93. The van der Waals surface area contributed by atoms with Crippen LogP contribution in [0, 0.1) is 16.2 Å². The molecule has 2 saturated heterocycles. The minimum absolute atomic E-state index is 0.0413. The van der Waals surface area contributed by atoms with Crippen molar-refractivity contribution in [1.82, 2.24) is 9.80 Å². The molecular formula is C35H47N3O4. The molecule has 7 nitrogen and oxygen atoms in total. The molecule has 6 rings (SSSR count). The lowest BCUT2D eigenvalue weighted by Crippen LogP contribution is -2.46. The van der Waals surface area contributed by atoms with Gasteiger partial charge in [0.15, 0.2) is 0 Å². The summed E-state index contributed by atoms with van der Waals surface area (Å²) in [6, 6.07) is 20.2. The molecule has 2 N–H and O–H groups in total. The Kier molecular flexibility index (Phi) is 7.36. The SMILES string of the molecule is C[C@H](c1ccccc1)N1C[C@@](C)(C(=O)OC(C)(C)C)C2(CC2)C1=O.C[C@H](c1ccccc1)N1C[C@@](C)(N)C2(CC2)C1=O. The van der Waals surface area contributed by atoms with Crippen molar-refractivity contribution >= 4 is 17.8 Å². The van der Waals surface area contributed by atoms with E-state index in [4.69, 9.17) is 10.5 Å². The molecule has 0 unspecified atom stereocenters. The number of ether oxygens (including phenoxy) is 1. The smallest absolute Gasteiger partial charge is 0.315 e. The summed E-state index contributed by atoms with van der Waals surface area (Å²) in [5.41, 5.74) is 6.14. The summed E-state index contributed by atoms with van der Waals surface area (Å²) in [7, 11) is 0. The van der Waals surface area contributed by atoms with Gasteiger partial charge in [0, 0.05) is 18.6 Å². The average Bonchev–Trinajstić information content (AvgIpc) is 3.86. The molecule has 4 aliphatic rings. The Morgan fingerprint density at radius 1 is 0.762 bits per heavy atom. The summed E-state index contributed by atoms with van der Waals surface area (Å²) in [5.74, 6) is 0.111. The summed E-state index contributed by atoms with van der Waals surface area (Å²) >= 11 is 0. The third-order valence-corrected chi connectivity index (χ3v) is 10.3. The van der Waals surface area contributed by atoms with Crippen molar-refractivity contribution in [3.05, 3.63) is 71.8 Å². The number of likely N-dealkylation sites (tertiary alicyclic amines) is 2. The minimum atomic E-state index is -0.763. The van der Waals surface area contributed by atoms with Gasteiger partial charge in [-0.1, -0.05) is 60.7 Å². The molecule has 2 aliphatic carbocycles. The molecule has 0 bridgehead atoms. The van der Waals surface area contributed by atoms with Crippen LogP contribution < -0.4 is 5.73 Å². The van der Waals surface area contributed by atoms with Gasteiger partial charge in [-0.15, -0.1) is 0 Å². The van der Waals surface area contributed by atoms with Crippen LogP contribution in [0.15, 0.2) is 60.7 Å². The van der Waals surface area contributed by atoms with Crippen molar-refractivity contribution in [3.63, 3.8) is 0 Å². The van der Waals surface area contributed by atoms with E-state index in [-0.39, 0.29) is 40.8 Å². The highest BCUT2D eigenvalue weighted by atomic mass is 16.6. The zero-order valence-corrected chi connectivity index (χ0v) is 26.3.